The Kier molecular flexibility index (Phi) is 6.52. The Hall–Kier alpha value is -3.43. The molecule has 0 unspecified atom stereocenters. The second-order valence-electron chi connectivity index (χ2n) is 6.78. The van der Waals surface area contributed by atoms with Gasteiger partial charge in [0.15, 0.2) is 5.82 Å². The van der Waals surface area contributed by atoms with Gasteiger partial charge in [0.05, 0.1) is 16.5 Å². The molecule has 0 spiro atoms. The highest BCUT2D eigenvalue weighted by Gasteiger charge is 2.27. The number of fused-ring (bicyclic) bond motifs is 1. The summed E-state index contributed by atoms with van der Waals surface area (Å²) < 4.78 is 61.1. The van der Waals surface area contributed by atoms with Crippen LogP contribution < -0.4 is 15.8 Å². The van der Waals surface area contributed by atoms with Gasteiger partial charge in [-0.05, 0) is 49.6 Å². The molecule has 0 fully saturated rings. The van der Waals surface area contributed by atoms with Crippen molar-refractivity contribution in [2.75, 3.05) is 17.2 Å². The molecule has 168 valence electrons. The van der Waals surface area contributed by atoms with E-state index in [1.165, 1.54) is 12.1 Å². The summed E-state index contributed by atoms with van der Waals surface area (Å²) in [4.78, 5) is 12.7. The minimum absolute atomic E-state index is 0.0360. The van der Waals surface area contributed by atoms with Crippen LogP contribution in [0.15, 0.2) is 41.3 Å². The number of halogens is 3. The third-order valence-electron chi connectivity index (χ3n) is 4.31. The summed E-state index contributed by atoms with van der Waals surface area (Å²) in [5, 5.41) is 10.4. The largest absolute Gasteiger partial charge is 0.405 e. The molecule has 0 bridgehead atoms. The molecular weight excluding hydrogens is 445 g/mol. The van der Waals surface area contributed by atoms with E-state index in [4.69, 9.17) is 5.14 Å². The van der Waals surface area contributed by atoms with Crippen LogP contribution in [0.1, 0.15) is 31.1 Å². The van der Waals surface area contributed by atoms with Gasteiger partial charge in [-0.2, -0.15) is 18.2 Å². The number of alkyl halides is 3. The summed E-state index contributed by atoms with van der Waals surface area (Å²) in [5.74, 6) is 5.41. The number of nitrogens with two attached hydrogens (primary N) is 1. The van der Waals surface area contributed by atoms with E-state index >= 15 is 0 Å². The summed E-state index contributed by atoms with van der Waals surface area (Å²) in [5.41, 5.74) is 1.55. The second-order valence-corrected chi connectivity index (χ2v) is 8.35. The highest BCUT2D eigenvalue weighted by atomic mass is 32.2. The van der Waals surface area contributed by atoms with Crippen LogP contribution in [-0.4, -0.2) is 36.1 Å². The summed E-state index contributed by atoms with van der Waals surface area (Å²) in [6.07, 6.45) is -4.45. The Morgan fingerprint density at radius 2 is 1.78 bits per heavy atom. The van der Waals surface area contributed by atoms with Crippen molar-refractivity contribution in [3.8, 4) is 11.8 Å². The van der Waals surface area contributed by atoms with E-state index in [0.717, 1.165) is 0 Å². The first-order chi connectivity index (χ1) is 15.0. The van der Waals surface area contributed by atoms with Crippen LogP contribution >= 0.6 is 0 Å². The number of anilines is 2. The van der Waals surface area contributed by atoms with Crippen molar-refractivity contribution in [3.05, 3.63) is 47.7 Å². The van der Waals surface area contributed by atoms with Gasteiger partial charge in [-0.3, -0.25) is 0 Å². The number of benzene rings is 1. The Balaban J connectivity index is 1.94. The number of rotatable bonds is 6. The monoisotopic (exact) mass is 464 g/mol. The maximum absolute atomic E-state index is 12.8. The van der Waals surface area contributed by atoms with Gasteiger partial charge in [-0.25, -0.2) is 23.5 Å². The minimum atomic E-state index is -4.45. The van der Waals surface area contributed by atoms with Crippen LogP contribution in [0.25, 0.3) is 11.0 Å². The lowest BCUT2D eigenvalue weighted by atomic mass is 10.1. The van der Waals surface area contributed by atoms with E-state index in [-0.39, 0.29) is 22.2 Å². The molecule has 1 atom stereocenters. The lowest BCUT2D eigenvalue weighted by Crippen LogP contribution is -2.22. The van der Waals surface area contributed by atoms with Gasteiger partial charge in [0, 0.05) is 0 Å². The third kappa shape index (κ3) is 5.83. The number of pyridine rings is 1. The van der Waals surface area contributed by atoms with Crippen molar-refractivity contribution in [3.63, 3.8) is 0 Å². The Labute approximate surface area is 182 Å². The molecule has 1 aromatic carbocycles. The third-order valence-corrected chi connectivity index (χ3v) is 5.24. The summed E-state index contributed by atoms with van der Waals surface area (Å²) in [7, 11) is -3.82. The maximum Gasteiger partial charge on any atom is 0.405 e. The van der Waals surface area contributed by atoms with E-state index in [0.29, 0.717) is 16.8 Å². The number of nitrogens with one attached hydrogen (secondary N) is 2. The summed E-state index contributed by atoms with van der Waals surface area (Å²) in [6.45, 7) is 2.09. The fourth-order valence-corrected chi connectivity index (χ4v) is 3.32. The van der Waals surface area contributed by atoms with Gasteiger partial charge in [-0.15, -0.1) is 0 Å². The van der Waals surface area contributed by atoms with E-state index in [9.17, 15) is 21.6 Å². The zero-order valence-corrected chi connectivity index (χ0v) is 17.8. The molecule has 32 heavy (non-hydrogen) atoms. The van der Waals surface area contributed by atoms with Crippen molar-refractivity contribution in [2.45, 2.75) is 31.0 Å². The normalized spacial score (nSPS) is 12.7. The molecule has 0 saturated carbocycles. The molecule has 12 heteroatoms. The molecule has 0 aliphatic rings. The van der Waals surface area contributed by atoms with Gasteiger partial charge < -0.3 is 10.6 Å². The van der Waals surface area contributed by atoms with Gasteiger partial charge in [-0.1, -0.05) is 18.1 Å². The minimum Gasteiger partial charge on any atom is -0.359 e. The molecule has 4 N–H and O–H groups in total. The lowest BCUT2D eigenvalue weighted by Gasteiger charge is -2.17. The number of nitrogens with zero attached hydrogens (tertiary/aromatic N) is 3. The topological polar surface area (TPSA) is 123 Å². The molecule has 0 aliphatic heterocycles. The van der Waals surface area contributed by atoms with Gasteiger partial charge >= 0.3 is 6.18 Å². The molecular formula is C20H19F3N6O2S. The fraction of sp³-hybridized carbons (Fsp3) is 0.250. The van der Waals surface area contributed by atoms with Gasteiger partial charge in [0.2, 0.25) is 16.0 Å². The molecule has 0 saturated heterocycles. The molecule has 8 nitrogen and oxygen atoms in total. The first kappa shape index (κ1) is 23.2. The quantitative estimate of drug-likeness (QED) is 0.479. The molecule has 0 aliphatic carbocycles. The predicted octanol–water partition coefficient (Wildman–Crippen LogP) is 3.19. The molecule has 3 rings (SSSR count). The smallest absolute Gasteiger partial charge is 0.359 e. The van der Waals surface area contributed by atoms with Crippen LogP contribution in [0.4, 0.5) is 24.9 Å². The predicted molar refractivity (Wildman–Crippen MR) is 114 cm³/mol. The van der Waals surface area contributed by atoms with Crippen molar-refractivity contribution in [2.24, 2.45) is 5.14 Å². The average Bonchev–Trinajstić information content (AvgIpc) is 2.71. The zero-order valence-electron chi connectivity index (χ0n) is 17.0. The first-order valence-corrected chi connectivity index (χ1v) is 10.8. The lowest BCUT2D eigenvalue weighted by molar-refractivity contribution is -0.115. The first-order valence-electron chi connectivity index (χ1n) is 9.28. The molecule has 0 amide bonds. The number of primary sulfonamides is 1. The highest BCUT2D eigenvalue weighted by Crippen LogP contribution is 2.25. The van der Waals surface area contributed by atoms with Crippen LogP contribution in [0.2, 0.25) is 0 Å². The van der Waals surface area contributed by atoms with E-state index < -0.39 is 28.8 Å². The standard InChI is InChI=1S/C20H19F3N6O2S/c1-3-4-14-7-10-16-17(27-14)18(25-11-20(21,22)23)29-19(28-16)26-12(2)13-5-8-15(9-6-13)32(24,30)31/h5-10,12H,11H2,1-2H3,(H2,24,30,31)(H2,25,26,28,29)/t12-/m1/s1. The van der Waals surface area contributed by atoms with Crippen molar-refractivity contribution >= 4 is 32.8 Å². The fourth-order valence-electron chi connectivity index (χ4n) is 2.81. The maximum atomic E-state index is 12.8. The summed E-state index contributed by atoms with van der Waals surface area (Å²) in [6, 6.07) is 8.67. The number of sulfonamides is 1. The van der Waals surface area contributed by atoms with Crippen LogP contribution in [0.5, 0.6) is 0 Å². The van der Waals surface area contributed by atoms with Crippen molar-refractivity contribution in [1.29, 1.82) is 0 Å². The molecule has 0 radical (unpaired) electrons. The van der Waals surface area contributed by atoms with E-state index in [1.807, 2.05) is 0 Å². The number of hydrogen-bond acceptors (Lipinski definition) is 7. The Bertz CT molecular complexity index is 1300. The Morgan fingerprint density at radius 1 is 1.09 bits per heavy atom. The molecule has 2 aromatic heterocycles. The van der Waals surface area contributed by atoms with E-state index in [1.54, 1.807) is 38.1 Å². The molecule has 2 heterocycles. The number of aromatic nitrogens is 3. The van der Waals surface area contributed by atoms with Crippen molar-refractivity contribution in [1.82, 2.24) is 15.0 Å². The average molecular weight is 464 g/mol. The zero-order chi connectivity index (χ0) is 23.5. The highest BCUT2D eigenvalue weighted by molar-refractivity contribution is 7.89. The summed E-state index contributed by atoms with van der Waals surface area (Å²) >= 11 is 0. The van der Waals surface area contributed by atoms with Gasteiger partial charge in [0.25, 0.3) is 0 Å². The second kappa shape index (κ2) is 8.97. The van der Waals surface area contributed by atoms with Crippen LogP contribution in [0.3, 0.4) is 0 Å². The van der Waals surface area contributed by atoms with E-state index in [2.05, 4.69) is 37.4 Å². The SMILES string of the molecule is CC#Cc1ccc2nc(N[C@H](C)c3ccc(S(N)(=O)=O)cc3)nc(NCC(F)(F)F)c2n1. The molecule has 3 aromatic rings. The number of hydrogen-bond donors (Lipinski definition) is 3. The van der Waals surface area contributed by atoms with Crippen LogP contribution in [-0.2, 0) is 10.0 Å². The van der Waals surface area contributed by atoms with Crippen LogP contribution in [0, 0.1) is 11.8 Å². The Morgan fingerprint density at radius 3 is 2.38 bits per heavy atom. The van der Waals surface area contributed by atoms with Gasteiger partial charge in [0.1, 0.15) is 17.8 Å². The van der Waals surface area contributed by atoms with Crippen molar-refractivity contribution < 1.29 is 21.6 Å².